The van der Waals surface area contributed by atoms with Crippen molar-refractivity contribution >= 4 is 6.92 Å². The summed E-state index contributed by atoms with van der Waals surface area (Å²) in [6, 6.07) is 0. The van der Waals surface area contributed by atoms with E-state index in [1.165, 1.54) is 0 Å². The highest BCUT2D eigenvalue weighted by atomic mass is 16.4. The zero-order valence-electron chi connectivity index (χ0n) is 7.19. The largest absolute Gasteiger partial charge is 0.438 e. The molecule has 0 saturated carbocycles. The van der Waals surface area contributed by atoms with Crippen LogP contribution in [0.2, 0.25) is 11.6 Å². The lowest BCUT2D eigenvalue weighted by atomic mass is 9.46. The zero-order chi connectivity index (χ0) is 7.49. The lowest BCUT2D eigenvalue weighted by molar-refractivity contribution is 0.391. The van der Waals surface area contributed by atoms with Crippen LogP contribution in [0, 0.1) is 0 Å². The SMILES string of the molecule is CCB(OC)C(C)(C)C. The molecule has 0 heterocycles. The molecule has 9 heavy (non-hydrogen) atoms. The molecule has 0 aliphatic carbocycles. The monoisotopic (exact) mass is 128 g/mol. The molecule has 0 aromatic heterocycles. The first-order valence-electron chi connectivity index (χ1n) is 3.55. The van der Waals surface area contributed by atoms with Crippen LogP contribution in [-0.2, 0) is 4.65 Å². The minimum atomic E-state index is 0.295. The molecule has 0 fully saturated rings. The van der Waals surface area contributed by atoms with E-state index < -0.39 is 0 Å². The van der Waals surface area contributed by atoms with E-state index in [0.717, 1.165) is 6.32 Å². The molecular formula is C7H17BO. The fourth-order valence-electron chi connectivity index (χ4n) is 1.13. The van der Waals surface area contributed by atoms with Gasteiger partial charge in [0.2, 0.25) is 0 Å². The van der Waals surface area contributed by atoms with Crippen LogP contribution in [0.15, 0.2) is 0 Å². The summed E-state index contributed by atoms with van der Waals surface area (Å²) in [5, 5.41) is 0.295. The van der Waals surface area contributed by atoms with Gasteiger partial charge >= 0.3 is 0 Å². The molecule has 0 radical (unpaired) electrons. The van der Waals surface area contributed by atoms with Gasteiger partial charge in [-0.2, -0.15) is 0 Å². The van der Waals surface area contributed by atoms with Crippen molar-refractivity contribution in [3.05, 3.63) is 0 Å². The van der Waals surface area contributed by atoms with Crippen molar-refractivity contribution in [3.63, 3.8) is 0 Å². The summed E-state index contributed by atoms with van der Waals surface area (Å²) in [7, 11) is 1.78. The molecular weight excluding hydrogens is 111 g/mol. The Morgan fingerprint density at radius 1 is 1.33 bits per heavy atom. The van der Waals surface area contributed by atoms with Gasteiger partial charge in [0.05, 0.1) is 0 Å². The van der Waals surface area contributed by atoms with E-state index in [1.807, 2.05) is 0 Å². The van der Waals surface area contributed by atoms with Crippen LogP contribution < -0.4 is 0 Å². The van der Waals surface area contributed by atoms with Crippen molar-refractivity contribution < 1.29 is 4.65 Å². The molecule has 0 atom stereocenters. The highest BCUT2D eigenvalue weighted by Crippen LogP contribution is 2.28. The first-order chi connectivity index (χ1) is 4.02. The molecule has 54 valence electrons. The van der Waals surface area contributed by atoms with Gasteiger partial charge in [0, 0.05) is 7.11 Å². The van der Waals surface area contributed by atoms with Gasteiger partial charge in [-0.05, 0) is 11.6 Å². The van der Waals surface area contributed by atoms with Crippen molar-refractivity contribution in [2.24, 2.45) is 0 Å². The summed E-state index contributed by atoms with van der Waals surface area (Å²) in [6.45, 7) is 9.15. The molecule has 1 nitrogen and oxygen atoms in total. The Balaban J connectivity index is 3.79. The van der Waals surface area contributed by atoms with E-state index >= 15 is 0 Å². The Labute approximate surface area is 58.9 Å². The molecule has 0 amide bonds. The Morgan fingerprint density at radius 2 is 1.78 bits per heavy atom. The second kappa shape index (κ2) is 3.26. The Kier molecular flexibility index (Phi) is 3.27. The third-order valence-corrected chi connectivity index (χ3v) is 1.62. The van der Waals surface area contributed by atoms with Gasteiger partial charge in [-0.25, -0.2) is 0 Å². The van der Waals surface area contributed by atoms with Crippen LogP contribution in [0.4, 0.5) is 0 Å². The molecule has 0 aliphatic rings. The van der Waals surface area contributed by atoms with Crippen LogP contribution in [0.1, 0.15) is 27.7 Å². The van der Waals surface area contributed by atoms with E-state index in [0.29, 0.717) is 12.2 Å². The third-order valence-electron chi connectivity index (χ3n) is 1.62. The van der Waals surface area contributed by atoms with Gasteiger partial charge in [-0.15, -0.1) is 0 Å². The van der Waals surface area contributed by atoms with E-state index in [1.54, 1.807) is 7.11 Å². The van der Waals surface area contributed by atoms with E-state index in [2.05, 4.69) is 27.7 Å². The Morgan fingerprint density at radius 3 is 1.78 bits per heavy atom. The minimum absolute atomic E-state index is 0.295. The van der Waals surface area contributed by atoms with Crippen molar-refractivity contribution in [2.45, 2.75) is 39.3 Å². The van der Waals surface area contributed by atoms with Crippen LogP contribution >= 0.6 is 0 Å². The molecule has 2 heteroatoms. The molecule has 0 rings (SSSR count). The first-order valence-corrected chi connectivity index (χ1v) is 3.55. The van der Waals surface area contributed by atoms with Gasteiger partial charge < -0.3 is 4.65 Å². The molecule has 0 aliphatic heterocycles. The Bertz CT molecular complexity index is 71.5. The van der Waals surface area contributed by atoms with Crippen molar-refractivity contribution in [2.75, 3.05) is 7.11 Å². The maximum atomic E-state index is 5.26. The summed E-state index contributed by atoms with van der Waals surface area (Å²) in [5.41, 5.74) is 0. The number of rotatable bonds is 2. The predicted molar refractivity (Wildman–Crippen MR) is 43.0 cm³/mol. The molecule has 0 bridgehead atoms. The van der Waals surface area contributed by atoms with E-state index in [9.17, 15) is 0 Å². The summed E-state index contributed by atoms with van der Waals surface area (Å²) in [5.74, 6) is 0. The third kappa shape index (κ3) is 2.90. The summed E-state index contributed by atoms with van der Waals surface area (Å²) >= 11 is 0. The maximum Gasteiger partial charge on any atom is 0.297 e. The van der Waals surface area contributed by atoms with Crippen LogP contribution in [0.25, 0.3) is 0 Å². The van der Waals surface area contributed by atoms with Gasteiger partial charge in [-0.1, -0.05) is 27.7 Å². The quantitative estimate of drug-likeness (QED) is 0.519. The molecule has 0 spiro atoms. The average Bonchev–Trinajstić information content (AvgIpc) is 1.65. The predicted octanol–water partition coefficient (Wildman–Crippen LogP) is 2.44. The summed E-state index contributed by atoms with van der Waals surface area (Å²) in [6.07, 6.45) is 1.10. The highest BCUT2D eigenvalue weighted by molar-refractivity contribution is 6.55. The standard InChI is InChI=1S/C7H17BO/c1-6-8(9-5)7(2,3)4/h6H2,1-5H3. The summed E-state index contributed by atoms with van der Waals surface area (Å²) < 4.78 is 5.26. The van der Waals surface area contributed by atoms with Crippen molar-refractivity contribution in [3.8, 4) is 0 Å². The van der Waals surface area contributed by atoms with Crippen molar-refractivity contribution in [1.82, 2.24) is 0 Å². The van der Waals surface area contributed by atoms with Gasteiger partial charge in [-0.3, -0.25) is 0 Å². The number of hydrogen-bond acceptors (Lipinski definition) is 1. The van der Waals surface area contributed by atoms with Crippen molar-refractivity contribution in [1.29, 1.82) is 0 Å². The van der Waals surface area contributed by atoms with E-state index in [-0.39, 0.29) is 0 Å². The fourth-order valence-corrected chi connectivity index (χ4v) is 1.13. The second-order valence-electron chi connectivity index (χ2n) is 3.50. The van der Waals surface area contributed by atoms with E-state index in [4.69, 9.17) is 4.65 Å². The molecule has 0 unspecified atom stereocenters. The zero-order valence-corrected chi connectivity index (χ0v) is 7.19. The second-order valence-corrected chi connectivity index (χ2v) is 3.50. The van der Waals surface area contributed by atoms with Gasteiger partial charge in [0.15, 0.2) is 0 Å². The van der Waals surface area contributed by atoms with Crippen LogP contribution in [0.3, 0.4) is 0 Å². The maximum absolute atomic E-state index is 5.26. The molecule has 0 aromatic rings. The van der Waals surface area contributed by atoms with Gasteiger partial charge in [0.25, 0.3) is 6.92 Å². The van der Waals surface area contributed by atoms with Crippen LogP contribution in [0.5, 0.6) is 0 Å². The molecule has 0 aromatic carbocycles. The fraction of sp³-hybridized carbons (Fsp3) is 1.00. The number of hydrogen-bond donors (Lipinski definition) is 0. The topological polar surface area (TPSA) is 9.23 Å². The normalized spacial score (nSPS) is 11.7. The van der Waals surface area contributed by atoms with Crippen LogP contribution in [-0.4, -0.2) is 14.0 Å². The lowest BCUT2D eigenvalue weighted by Crippen LogP contribution is -2.26. The Hall–Kier alpha value is 0.0249. The first kappa shape index (κ1) is 9.02. The average molecular weight is 128 g/mol. The van der Waals surface area contributed by atoms with Gasteiger partial charge in [0.1, 0.15) is 0 Å². The molecule has 0 N–H and O–H groups in total. The highest BCUT2D eigenvalue weighted by Gasteiger charge is 2.27. The lowest BCUT2D eigenvalue weighted by Gasteiger charge is -2.23. The molecule has 0 saturated heterocycles. The smallest absolute Gasteiger partial charge is 0.297 e. The minimum Gasteiger partial charge on any atom is -0.438 e. The summed E-state index contributed by atoms with van der Waals surface area (Å²) in [4.78, 5) is 0.